The van der Waals surface area contributed by atoms with Crippen molar-refractivity contribution >= 4 is 18.1 Å². The second-order valence-corrected chi connectivity index (χ2v) is 4.95. The molecule has 1 fully saturated rings. The van der Waals surface area contributed by atoms with Crippen molar-refractivity contribution in [2.45, 2.75) is 31.8 Å². The van der Waals surface area contributed by atoms with Gasteiger partial charge in [-0.05, 0) is 37.0 Å². The highest BCUT2D eigenvalue weighted by molar-refractivity contribution is 5.85. The van der Waals surface area contributed by atoms with Crippen LogP contribution in [0.2, 0.25) is 0 Å². The molecule has 0 saturated heterocycles. The van der Waals surface area contributed by atoms with Crippen LogP contribution in [0.3, 0.4) is 0 Å². The largest absolute Gasteiger partial charge is 0.478 e. The average molecular weight is 274 g/mol. The number of carboxylic acid groups (broad SMARTS) is 1. The minimum atomic E-state index is -0.971. The van der Waals surface area contributed by atoms with Crippen molar-refractivity contribution in [2.24, 2.45) is 0 Å². The van der Waals surface area contributed by atoms with Crippen LogP contribution in [-0.2, 0) is 4.79 Å². The zero-order valence-electron chi connectivity index (χ0n) is 11.3. The van der Waals surface area contributed by atoms with Crippen LogP contribution in [0.1, 0.15) is 36.9 Å². The summed E-state index contributed by atoms with van der Waals surface area (Å²) in [4.78, 5) is 22.0. The molecule has 1 aromatic rings. The Labute approximate surface area is 117 Å². The number of nitrogens with one attached hydrogen (secondary N) is 2. The molecule has 1 unspecified atom stereocenters. The summed E-state index contributed by atoms with van der Waals surface area (Å²) in [6.07, 6.45) is 4.75. The highest BCUT2D eigenvalue weighted by atomic mass is 16.4. The molecule has 1 aliphatic rings. The number of carbonyl (C=O) groups is 2. The van der Waals surface area contributed by atoms with E-state index in [1.165, 1.54) is 6.08 Å². The summed E-state index contributed by atoms with van der Waals surface area (Å²) in [6.45, 7) is 1.91. The Balaban J connectivity index is 1.90. The zero-order chi connectivity index (χ0) is 14.5. The topological polar surface area (TPSA) is 78.4 Å². The van der Waals surface area contributed by atoms with E-state index in [-0.39, 0.29) is 12.1 Å². The first kappa shape index (κ1) is 14.1. The van der Waals surface area contributed by atoms with Crippen molar-refractivity contribution in [2.75, 3.05) is 0 Å². The van der Waals surface area contributed by atoms with E-state index < -0.39 is 5.97 Å². The molecule has 1 aliphatic carbocycles. The molecular weight excluding hydrogens is 256 g/mol. The van der Waals surface area contributed by atoms with Crippen molar-refractivity contribution in [1.82, 2.24) is 10.6 Å². The van der Waals surface area contributed by atoms with Crippen LogP contribution >= 0.6 is 0 Å². The maximum atomic E-state index is 11.6. The monoisotopic (exact) mass is 274 g/mol. The molecule has 0 bridgehead atoms. The molecule has 0 spiro atoms. The van der Waals surface area contributed by atoms with Gasteiger partial charge in [0.25, 0.3) is 0 Å². The lowest BCUT2D eigenvalue weighted by atomic mass is 10.1. The van der Waals surface area contributed by atoms with E-state index in [0.29, 0.717) is 6.04 Å². The van der Waals surface area contributed by atoms with Gasteiger partial charge in [0, 0.05) is 12.1 Å². The summed E-state index contributed by atoms with van der Waals surface area (Å²) in [7, 11) is 0. The fraction of sp³-hybridized carbons (Fsp3) is 0.333. The molecule has 1 atom stereocenters. The summed E-state index contributed by atoms with van der Waals surface area (Å²) >= 11 is 0. The number of amides is 2. The zero-order valence-corrected chi connectivity index (χ0v) is 11.3. The molecule has 20 heavy (non-hydrogen) atoms. The quantitative estimate of drug-likeness (QED) is 0.721. The number of hydrogen-bond donors (Lipinski definition) is 3. The van der Waals surface area contributed by atoms with E-state index in [1.54, 1.807) is 0 Å². The Morgan fingerprint density at radius 1 is 1.30 bits per heavy atom. The van der Waals surface area contributed by atoms with Gasteiger partial charge in [0.1, 0.15) is 0 Å². The number of carboxylic acids is 1. The first-order valence-corrected chi connectivity index (χ1v) is 6.62. The summed E-state index contributed by atoms with van der Waals surface area (Å²) in [5, 5.41) is 14.3. The molecule has 1 aromatic carbocycles. The number of aliphatic carboxylic acids is 1. The minimum absolute atomic E-state index is 0.0914. The predicted molar refractivity (Wildman–Crippen MR) is 76.2 cm³/mol. The van der Waals surface area contributed by atoms with Crippen LogP contribution in [0.15, 0.2) is 30.3 Å². The molecule has 106 valence electrons. The predicted octanol–water partition coefficient (Wildman–Crippen LogP) is 2.31. The lowest BCUT2D eigenvalue weighted by Crippen LogP contribution is -2.38. The lowest BCUT2D eigenvalue weighted by molar-refractivity contribution is -0.131. The molecule has 5 nitrogen and oxygen atoms in total. The van der Waals surface area contributed by atoms with Gasteiger partial charge in [-0.3, -0.25) is 0 Å². The Hall–Kier alpha value is -2.30. The molecule has 0 radical (unpaired) electrons. The van der Waals surface area contributed by atoms with Crippen molar-refractivity contribution in [1.29, 1.82) is 0 Å². The standard InChI is InChI=1S/C15H18N2O3/c1-10(16-15(20)17-13-7-8-13)12-5-2-11(3-6-12)4-9-14(18)19/h2-6,9-10,13H,7-8H2,1H3,(H,18,19)(H2,16,17,20). The van der Waals surface area contributed by atoms with Gasteiger partial charge in [0.15, 0.2) is 0 Å². The van der Waals surface area contributed by atoms with E-state index in [0.717, 1.165) is 30.0 Å². The summed E-state index contributed by atoms with van der Waals surface area (Å²) in [5.41, 5.74) is 1.79. The third-order valence-corrected chi connectivity index (χ3v) is 3.11. The first-order chi connectivity index (χ1) is 9.54. The molecule has 2 amide bonds. The lowest BCUT2D eigenvalue weighted by Gasteiger charge is -2.15. The highest BCUT2D eigenvalue weighted by Crippen LogP contribution is 2.19. The number of rotatable bonds is 5. The minimum Gasteiger partial charge on any atom is -0.478 e. The van der Waals surface area contributed by atoms with Gasteiger partial charge in [-0.15, -0.1) is 0 Å². The molecular formula is C15H18N2O3. The molecule has 0 aromatic heterocycles. The molecule has 2 rings (SSSR count). The van der Waals surface area contributed by atoms with Gasteiger partial charge < -0.3 is 15.7 Å². The van der Waals surface area contributed by atoms with Crippen LogP contribution in [-0.4, -0.2) is 23.1 Å². The second-order valence-electron chi connectivity index (χ2n) is 4.95. The summed E-state index contributed by atoms with van der Waals surface area (Å²) < 4.78 is 0. The fourth-order valence-electron chi connectivity index (χ4n) is 1.80. The molecule has 1 saturated carbocycles. The van der Waals surface area contributed by atoms with Gasteiger partial charge in [0.2, 0.25) is 0 Å². The Morgan fingerprint density at radius 2 is 1.95 bits per heavy atom. The summed E-state index contributed by atoms with van der Waals surface area (Å²) in [6, 6.07) is 7.51. The van der Waals surface area contributed by atoms with Crippen LogP contribution in [0.5, 0.6) is 0 Å². The van der Waals surface area contributed by atoms with Crippen molar-refractivity contribution in [3.8, 4) is 0 Å². The van der Waals surface area contributed by atoms with Gasteiger partial charge >= 0.3 is 12.0 Å². The van der Waals surface area contributed by atoms with Gasteiger partial charge in [-0.1, -0.05) is 24.3 Å². The Morgan fingerprint density at radius 3 is 2.50 bits per heavy atom. The van der Waals surface area contributed by atoms with E-state index >= 15 is 0 Å². The molecule has 0 aliphatic heterocycles. The summed E-state index contributed by atoms with van der Waals surface area (Å²) in [5.74, 6) is -0.971. The van der Waals surface area contributed by atoms with Crippen molar-refractivity contribution < 1.29 is 14.7 Å². The Bertz CT molecular complexity index is 518. The van der Waals surface area contributed by atoms with Crippen LogP contribution < -0.4 is 10.6 Å². The number of urea groups is 1. The first-order valence-electron chi connectivity index (χ1n) is 6.62. The van der Waals surface area contributed by atoms with Crippen molar-refractivity contribution in [3.63, 3.8) is 0 Å². The maximum absolute atomic E-state index is 11.6. The van der Waals surface area contributed by atoms with Crippen LogP contribution in [0.4, 0.5) is 4.79 Å². The number of benzene rings is 1. The van der Waals surface area contributed by atoms with Gasteiger partial charge in [-0.25, -0.2) is 9.59 Å². The van der Waals surface area contributed by atoms with Gasteiger partial charge in [0.05, 0.1) is 6.04 Å². The van der Waals surface area contributed by atoms with Crippen LogP contribution in [0.25, 0.3) is 6.08 Å². The highest BCUT2D eigenvalue weighted by Gasteiger charge is 2.23. The molecule has 3 N–H and O–H groups in total. The third kappa shape index (κ3) is 4.42. The van der Waals surface area contributed by atoms with E-state index in [1.807, 2.05) is 31.2 Å². The maximum Gasteiger partial charge on any atom is 0.328 e. The molecule has 0 heterocycles. The van der Waals surface area contributed by atoms with E-state index in [9.17, 15) is 9.59 Å². The molecule has 5 heteroatoms. The van der Waals surface area contributed by atoms with Crippen molar-refractivity contribution in [3.05, 3.63) is 41.5 Å². The van der Waals surface area contributed by atoms with Crippen LogP contribution in [0, 0.1) is 0 Å². The van der Waals surface area contributed by atoms with E-state index in [2.05, 4.69) is 10.6 Å². The normalized spacial score (nSPS) is 15.8. The third-order valence-electron chi connectivity index (χ3n) is 3.11. The fourth-order valence-corrected chi connectivity index (χ4v) is 1.80. The number of carbonyl (C=O) groups excluding carboxylic acids is 1. The number of hydrogen-bond acceptors (Lipinski definition) is 2. The SMILES string of the molecule is CC(NC(=O)NC1CC1)c1ccc(C=CC(=O)O)cc1. The van der Waals surface area contributed by atoms with Gasteiger partial charge in [-0.2, -0.15) is 0 Å². The Kier molecular flexibility index (Phi) is 4.40. The second kappa shape index (κ2) is 6.23. The average Bonchev–Trinajstić information content (AvgIpc) is 3.20. The van der Waals surface area contributed by atoms with E-state index in [4.69, 9.17) is 5.11 Å². The smallest absolute Gasteiger partial charge is 0.328 e.